The van der Waals surface area contributed by atoms with E-state index in [1.807, 2.05) is 42.5 Å². The first-order valence-corrected chi connectivity index (χ1v) is 11.1. The standard InChI is InChI=1S/C24H28N6O4/c1-18(30-17-25-16-27-30)24(32)29-13-22(34-15-19-6-5-8-21(10-19)33-2)12-28(23(31)14-29)11-20-7-3-4-9-26-20/h3-10,16-18,22H,11-15H2,1-2H3/t18-,22+/m1/s1. The predicted octanol–water partition coefficient (Wildman–Crippen LogP) is 1.70. The van der Waals surface area contributed by atoms with E-state index >= 15 is 0 Å². The van der Waals surface area contributed by atoms with E-state index in [0.29, 0.717) is 19.7 Å². The van der Waals surface area contributed by atoms with Gasteiger partial charge in [0.05, 0.1) is 38.6 Å². The van der Waals surface area contributed by atoms with Crippen LogP contribution in [0.1, 0.15) is 24.2 Å². The Kier molecular flexibility index (Phi) is 7.48. The van der Waals surface area contributed by atoms with Crippen LogP contribution in [0.5, 0.6) is 5.75 Å². The molecular weight excluding hydrogens is 436 g/mol. The third kappa shape index (κ3) is 5.76. The molecule has 1 aromatic carbocycles. The average Bonchev–Trinajstić information content (AvgIpc) is 3.36. The maximum atomic E-state index is 13.2. The Morgan fingerprint density at radius 1 is 1.21 bits per heavy atom. The zero-order valence-electron chi connectivity index (χ0n) is 19.3. The molecule has 0 bridgehead atoms. The maximum Gasteiger partial charge on any atom is 0.247 e. The summed E-state index contributed by atoms with van der Waals surface area (Å²) in [5.74, 6) is 0.373. The molecule has 0 saturated carbocycles. The van der Waals surface area contributed by atoms with Gasteiger partial charge in [-0.2, -0.15) is 5.10 Å². The van der Waals surface area contributed by atoms with E-state index in [2.05, 4.69) is 15.1 Å². The van der Waals surface area contributed by atoms with Gasteiger partial charge >= 0.3 is 0 Å². The van der Waals surface area contributed by atoms with Crippen molar-refractivity contribution in [3.05, 3.63) is 72.6 Å². The second kappa shape index (κ2) is 10.9. The van der Waals surface area contributed by atoms with Crippen LogP contribution in [0, 0.1) is 0 Å². The van der Waals surface area contributed by atoms with Gasteiger partial charge in [-0.05, 0) is 36.8 Å². The van der Waals surface area contributed by atoms with Crippen LogP contribution < -0.4 is 4.74 Å². The van der Waals surface area contributed by atoms with Crippen molar-refractivity contribution in [1.82, 2.24) is 29.5 Å². The Hall–Kier alpha value is -3.79. The third-order valence-electron chi connectivity index (χ3n) is 5.73. The van der Waals surface area contributed by atoms with Crippen molar-refractivity contribution >= 4 is 11.8 Å². The summed E-state index contributed by atoms with van der Waals surface area (Å²) in [4.78, 5) is 37.9. The molecule has 34 heavy (non-hydrogen) atoms. The number of rotatable bonds is 8. The summed E-state index contributed by atoms with van der Waals surface area (Å²) in [6.07, 6.45) is 4.19. The zero-order valence-corrected chi connectivity index (χ0v) is 19.3. The highest BCUT2D eigenvalue weighted by molar-refractivity contribution is 5.87. The number of hydrogen-bond acceptors (Lipinski definition) is 7. The normalized spacial score (nSPS) is 17.4. The highest BCUT2D eigenvalue weighted by Gasteiger charge is 2.33. The number of carbonyl (C=O) groups is 2. The van der Waals surface area contributed by atoms with Crippen molar-refractivity contribution in [1.29, 1.82) is 0 Å². The number of amides is 2. The lowest BCUT2D eigenvalue weighted by molar-refractivity contribution is -0.141. The number of nitrogens with zero attached hydrogens (tertiary/aromatic N) is 6. The van der Waals surface area contributed by atoms with Gasteiger partial charge in [-0.1, -0.05) is 18.2 Å². The first-order valence-electron chi connectivity index (χ1n) is 11.1. The lowest BCUT2D eigenvalue weighted by Crippen LogP contribution is -2.43. The molecule has 2 aromatic heterocycles. The predicted molar refractivity (Wildman–Crippen MR) is 123 cm³/mol. The van der Waals surface area contributed by atoms with Crippen molar-refractivity contribution in [3.63, 3.8) is 0 Å². The second-order valence-corrected chi connectivity index (χ2v) is 8.15. The van der Waals surface area contributed by atoms with E-state index in [9.17, 15) is 9.59 Å². The Labute approximate surface area is 198 Å². The molecule has 2 atom stereocenters. The number of pyridine rings is 1. The molecule has 178 valence electrons. The summed E-state index contributed by atoms with van der Waals surface area (Å²) in [5, 5.41) is 4.07. The Morgan fingerprint density at radius 2 is 2.09 bits per heavy atom. The minimum absolute atomic E-state index is 0.0380. The molecular formula is C24H28N6O4. The Morgan fingerprint density at radius 3 is 2.82 bits per heavy atom. The maximum absolute atomic E-state index is 13.2. The van der Waals surface area contributed by atoms with Crippen molar-refractivity contribution in [2.45, 2.75) is 32.2 Å². The molecule has 10 nitrogen and oxygen atoms in total. The highest BCUT2D eigenvalue weighted by Crippen LogP contribution is 2.18. The van der Waals surface area contributed by atoms with Crippen molar-refractivity contribution < 1.29 is 19.1 Å². The molecule has 1 saturated heterocycles. The number of ether oxygens (including phenoxy) is 2. The van der Waals surface area contributed by atoms with Crippen molar-refractivity contribution in [2.75, 3.05) is 26.7 Å². The van der Waals surface area contributed by atoms with Crippen LogP contribution >= 0.6 is 0 Å². The van der Waals surface area contributed by atoms with E-state index < -0.39 is 6.04 Å². The number of carbonyl (C=O) groups excluding carboxylic acids is 2. The minimum atomic E-state index is -0.586. The number of hydrogen-bond donors (Lipinski definition) is 0. The van der Waals surface area contributed by atoms with Crippen LogP contribution in [0.2, 0.25) is 0 Å². The number of methoxy groups -OCH3 is 1. The van der Waals surface area contributed by atoms with E-state index in [4.69, 9.17) is 9.47 Å². The molecule has 3 heterocycles. The smallest absolute Gasteiger partial charge is 0.247 e. The van der Waals surface area contributed by atoms with Crippen LogP contribution in [0.3, 0.4) is 0 Å². The van der Waals surface area contributed by atoms with Crippen LogP contribution in [0.25, 0.3) is 0 Å². The molecule has 0 radical (unpaired) electrons. The second-order valence-electron chi connectivity index (χ2n) is 8.15. The summed E-state index contributed by atoms with van der Waals surface area (Å²) < 4.78 is 13.0. The lowest BCUT2D eigenvalue weighted by Gasteiger charge is -2.26. The molecule has 0 aliphatic carbocycles. The van der Waals surface area contributed by atoms with Gasteiger partial charge in [0.2, 0.25) is 11.8 Å². The molecule has 2 amide bonds. The quantitative estimate of drug-likeness (QED) is 0.500. The van der Waals surface area contributed by atoms with Crippen molar-refractivity contribution in [3.8, 4) is 5.75 Å². The molecule has 10 heteroatoms. The Bertz CT molecular complexity index is 1090. The van der Waals surface area contributed by atoms with Gasteiger partial charge in [0.25, 0.3) is 0 Å². The molecule has 0 unspecified atom stereocenters. The first kappa shape index (κ1) is 23.4. The van der Waals surface area contributed by atoms with E-state index in [0.717, 1.165) is 17.0 Å². The first-order chi connectivity index (χ1) is 16.5. The fourth-order valence-electron chi connectivity index (χ4n) is 3.86. The van der Waals surface area contributed by atoms with Crippen molar-refractivity contribution in [2.24, 2.45) is 0 Å². The lowest BCUT2D eigenvalue weighted by atomic mass is 10.2. The molecule has 0 N–H and O–H groups in total. The van der Waals surface area contributed by atoms with Crippen LogP contribution in [0.15, 0.2) is 61.3 Å². The summed E-state index contributed by atoms with van der Waals surface area (Å²) >= 11 is 0. The van der Waals surface area contributed by atoms with Crippen LogP contribution in [-0.4, -0.2) is 74.2 Å². The summed E-state index contributed by atoms with van der Waals surface area (Å²) in [7, 11) is 1.62. The van der Waals surface area contributed by atoms with Gasteiger partial charge < -0.3 is 19.3 Å². The van der Waals surface area contributed by atoms with E-state index in [1.54, 1.807) is 30.0 Å². The van der Waals surface area contributed by atoms with Gasteiger partial charge in [-0.25, -0.2) is 9.67 Å². The monoisotopic (exact) mass is 464 g/mol. The van der Waals surface area contributed by atoms with Gasteiger partial charge in [0.15, 0.2) is 0 Å². The highest BCUT2D eigenvalue weighted by atomic mass is 16.5. The number of aromatic nitrogens is 4. The fourth-order valence-corrected chi connectivity index (χ4v) is 3.86. The summed E-state index contributed by atoms with van der Waals surface area (Å²) in [6.45, 7) is 3.01. The largest absolute Gasteiger partial charge is 0.497 e. The van der Waals surface area contributed by atoms with Gasteiger partial charge in [0, 0.05) is 19.3 Å². The molecule has 1 aliphatic heterocycles. The van der Waals surface area contributed by atoms with E-state index in [-0.39, 0.29) is 31.0 Å². The molecule has 3 aromatic rings. The number of benzene rings is 1. The van der Waals surface area contributed by atoms with Gasteiger partial charge in [-0.3, -0.25) is 14.6 Å². The fraction of sp³-hybridized carbons (Fsp3) is 0.375. The zero-order chi connectivity index (χ0) is 23.9. The molecule has 4 rings (SSSR count). The van der Waals surface area contributed by atoms with Crippen LogP contribution in [0.4, 0.5) is 0 Å². The SMILES string of the molecule is COc1cccc(CO[C@H]2CN(Cc3ccccn3)C(=O)CN(C(=O)[C@@H](C)n3cncn3)C2)c1. The summed E-state index contributed by atoms with van der Waals surface area (Å²) in [6, 6.07) is 12.6. The van der Waals surface area contributed by atoms with Gasteiger partial charge in [0.1, 0.15) is 24.4 Å². The van der Waals surface area contributed by atoms with Gasteiger partial charge in [-0.15, -0.1) is 0 Å². The average molecular weight is 465 g/mol. The molecule has 1 aliphatic rings. The third-order valence-corrected chi connectivity index (χ3v) is 5.73. The summed E-state index contributed by atoms with van der Waals surface area (Å²) in [5.41, 5.74) is 1.72. The topological polar surface area (TPSA) is 103 Å². The Balaban J connectivity index is 1.52. The van der Waals surface area contributed by atoms with E-state index in [1.165, 1.54) is 17.3 Å². The molecule has 0 spiro atoms. The minimum Gasteiger partial charge on any atom is -0.497 e. The molecule has 1 fully saturated rings. The van der Waals surface area contributed by atoms with Crippen LogP contribution in [-0.2, 0) is 27.5 Å².